The van der Waals surface area contributed by atoms with Crippen LogP contribution >= 0.6 is 0 Å². The van der Waals surface area contributed by atoms with Gasteiger partial charge in [0.15, 0.2) is 0 Å². The first-order valence-corrected chi connectivity index (χ1v) is 10.0. The fraction of sp³-hybridized carbons (Fsp3) is 0.333. The third-order valence-electron chi connectivity index (χ3n) is 5.08. The predicted octanol–water partition coefficient (Wildman–Crippen LogP) is 2.69. The standard InChI is InChI=1S/C24H28N2O4/c1-16-5-7-19(8-6-16)21-22(25(4)9-11-27)24(29)26(23(21)28)10-12-30-20-14-17(2)13-18(3)15-20/h5-8,13-15,27H,9-12H2,1-4H3. The van der Waals surface area contributed by atoms with Crippen LogP contribution in [0.3, 0.4) is 0 Å². The van der Waals surface area contributed by atoms with Crippen LogP contribution in [0.4, 0.5) is 0 Å². The summed E-state index contributed by atoms with van der Waals surface area (Å²) in [6.07, 6.45) is 0. The summed E-state index contributed by atoms with van der Waals surface area (Å²) < 4.78 is 5.81. The third-order valence-corrected chi connectivity index (χ3v) is 5.08. The number of imide groups is 1. The van der Waals surface area contributed by atoms with Gasteiger partial charge in [0.05, 0.1) is 18.7 Å². The van der Waals surface area contributed by atoms with Gasteiger partial charge in [0, 0.05) is 13.6 Å². The molecule has 1 N–H and O–H groups in total. The number of carbonyl (C=O) groups is 2. The van der Waals surface area contributed by atoms with Crippen molar-refractivity contribution in [2.24, 2.45) is 0 Å². The molecule has 0 fully saturated rings. The van der Waals surface area contributed by atoms with Crippen LogP contribution in [-0.4, -0.2) is 60.1 Å². The molecule has 6 heteroatoms. The van der Waals surface area contributed by atoms with Gasteiger partial charge in [-0.1, -0.05) is 35.9 Å². The highest BCUT2D eigenvalue weighted by Gasteiger charge is 2.40. The summed E-state index contributed by atoms with van der Waals surface area (Å²) in [5.74, 6) is 0.0131. The van der Waals surface area contributed by atoms with Gasteiger partial charge in [0.2, 0.25) is 0 Å². The second kappa shape index (κ2) is 9.13. The zero-order valence-corrected chi connectivity index (χ0v) is 17.9. The Bertz CT molecular complexity index is 959. The Morgan fingerprint density at radius 3 is 2.17 bits per heavy atom. The number of carbonyl (C=O) groups excluding carboxylic acids is 2. The van der Waals surface area contributed by atoms with Gasteiger partial charge in [-0.2, -0.15) is 0 Å². The Kier molecular flexibility index (Phi) is 6.57. The average Bonchev–Trinajstić information content (AvgIpc) is 2.93. The molecule has 0 saturated heterocycles. The Labute approximate surface area is 177 Å². The van der Waals surface area contributed by atoms with E-state index in [1.54, 1.807) is 11.9 Å². The largest absolute Gasteiger partial charge is 0.492 e. The molecule has 30 heavy (non-hydrogen) atoms. The maximum Gasteiger partial charge on any atom is 0.277 e. The summed E-state index contributed by atoms with van der Waals surface area (Å²) in [6.45, 7) is 6.46. The van der Waals surface area contributed by atoms with Crippen molar-refractivity contribution < 1.29 is 19.4 Å². The molecule has 0 bridgehead atoms. The number of hydrogen-bond donors (Lipinski definition) is 1. The van der Waals surface area contributed by atoms with Gasteiger partial charge in [-0.15, -0.1) is 0 Å². The lowest BCUT2D eigenvalue weighted by molar-refractivity contribution is -0.137. The van der Waals surface area contributed by atoms with E-state index in [2.05, 4.69) is 6.07 Å². The van der Waals surface area contributed by atoms with E-state index in [0.717, 1.165) is 22.4 Å². The Morgan fingerprint density at radius 2 is 1.57 bits per heavy atom. The van der Waals surface area contributed by atoms with Gasteiger partial charge in [-0.3, -0.25) is 14.5 Å². The van der Waals surface area contributed by atoms with Crippen molar-refractivity contribution in [3.8, 4) is 5.75 Å². The number of aryl methyl sites for hydroxylation is 3. The molecule has 2 aromatic carbocycles. The molecule has 2 aromatic rings. The van der Waals surface area contributed by atoms with Crippen LogP contribution in [0.1, 0.15) is 22.3 Å². The molecular weight excluding hydrogens is 380 g/mol. The highest BCUT2D eigenvalue weighted by atomic mass is 16.5. The Hall–Kier alpha value is -3.12. The van der Waals surface area contributed by atoms with Crippen molar-refractivity contribution >= 4 is 17.4 Å². The highest BCUT2D eigenvalue weighted by molar-refractivity contribution is 6.35. The quantitative estimate of drug-likeness (QED) is 0.680. The van der Waals surface area contributed by atoms with Crippen molar-refractivity contribution in [2.45, 2.75) is 20.8 Å². The minimum Gasteiger partial charge on any atom is -0.492 e. The van der Waals surface area contributed by atoms with Gasteiger partial charge < -0.3 is 14.7 Å². The van der Waals surface area contributed by atoms with E-state index in [4.69, 9.17) is 4.74 Å². The van der Waals surface area contributed by atoms with E-state index in [1.165, 1.54) is 4.90 Å². The first-order valence-electron chi connectivity index (χ1n) is 10.0. The number of hydrogen-bond acceptors (Lipinski definition) is 5. The molecule has 0 aromatic heterocycles. The second-order valence-electron chi connectivity index (χ2n) is 7.67. The lowest BCUT2D eigenvalue weighted by Gasteiger charge is -2.20. The van der Waals surface area contributed by atoms with Crippen LogP contribution in [-0.2, 0) is 9.59 Å². The first-order chi connectivity index (χ1) is 14.3. The SMILES string of the molecule is Cc1ccc(C2=C(N(C)CCO)C(=O)N(CCOc3cc(C)cc(C)c3)C2=O)cc1. The van der Waals surface area contributed by atoms with E-state index < -0.39 is 0 Å². The van der Waals surface area contributed by atoms with Crippen LogP contribution < -0.4 is 4.74 Å². The molecule has 0 saturated carbocycles. The van der Waals surface area contributed by atoms with Gasteiger partial charge in [0.25, 0.3) is 11.8 Å². The number of amides is 2. The minimum atomic E-state index is -0.365. The summed E-state index contributed by atoms with van der Waals surface area (Å²) >= 11 is 0. The number of aliphatic hydroxyl groups excluding tert-OH is 1. The van der Waals surface area contributed by atoms with Crippen LogP contribution in [0, 0.1) is 20.8 Å². The molecule has 0 unspecified atom stereocenters. The number of aliphatic hydroxyl groups is 1. The average molecular weight is 408 g/mol. The number of ether oxygens (including phenoxy) is 1. The smallest absolute Gasteiger partial charge is 0.277 e. The molecule has 0 atom stereocenters. The van der Waals surface area contributed by atoms with Crippen molar-refractivity contribution in [1.82, 2.24) is 9.80 Å². The molecule has 6 nitrogen and oxygen atoms in total. The maximum absolute atomic E-state index is 13.2. The molecule has 3 rings (SSSR count). The van der Waals surface area contributed by atoms with E-state index in [1.807, 2.05) is 57.2 Å². The topological polar surface area (TPSA) is 70.1 Å². The Morgan fingerprint density at radius 1 is 0.933 bits per heavy atom. The number of rotatable bonds is 8. The second-order valence-corrected chi connectivity index (χ2v) is 7.67. The molecular formula is C24H28N2O4. The van der Waals surface area contributed by atoms with Crippen molar-refractivity contribution in [3.63, 3.8) is 0 Å². The molecule has 0 spiro atoms. The van der Waals surface area contributed by atoms with E-state index in [9.17, 15) is 14.7 Å². The number of benzene rings is 2. The van der Waals surface area contributed by atoms with E-state index in [0.29, 0.717) is 16.8 Å². The molecule has 1 heterocycles. The van der Waals surface area contributed by atoms with Gasteiger partial charge >= 0.3 is 0 Å². The van der Waals surface area contributed by atoms with Crippen LogP contribution in [0.25, 0.3) is 5.57 Å². The molecule has 158 valence electrons. The minimum absolute atomic E-state index is 0.113. The van der Waals surface area contributed by atoms with E-state index >= 15 is 0 Å². The monoisotopic (exact) mass is 408 g/mol. The van der Waals surface area contributed by atoms with Gasteiger partial charge in [0.1, 0.15) is 18.1 Å². The van der Waals surface area contributed by atoms with Crippen molar-refractivity contribution in [3.05, 3.63) is 70.4 Å². The molecule has 1 aliphatic heterocycles. The van der Waals surface area contributed by atoms with Crippen LogP contribution in [0.2, 0.25) is 0 Å². The lowest BCUT2D eigenvalue weighted by atomic mass is 10.0. The number of nitrogens with zero attached hydrogens (tertiary/aromatic N) is 2. The Balaban J connectivity index is 1.81. The fourth-order valence-electron chi connectivity index (χ4n) is 3.63. The van der Waals surface area contributed by atoms with Crippen LogP contribution in [0.15, 0.2) is 48.2 Å². The summed E-state index contributed by atoms with van der Waals surface area (Å²) in [6, 6.07) is 13.4. The fourth-order valence-corrected chi connectivity index (χ4v) is 3.63. The lowest BCUT2D eigenvalue weighted by Crippen LogP contribution is -2.37. The first kappa shape index (κ1) is 21.6. The van der Waals surface area contributed by atoms with Gasteiger partial charge in [-0.05, 0) is 49.6 Å². The van der Waals surface area contributed by atoms with Crippen molar-refractivity contribution in [1.29, 1.82) is 0 Å². The maximum atomic E-state index is 13.2. The van der Waals surface area contributed by atoms with Crippen LogP contribution in [0.5, 0.6) is 5.75 Å². The van der Waals surface area contributed by atoms with Gasteiger partial charge in [-0.25, -0.2) is 0 Å². The summed E-state index contributed by atoms with van der Waals surface area (Å²) in [5.41, 5.74) is 4.62. The predicted molar refractivity (Wildman–Crippen MR) is 116 cm³/mol. The zero-order chi connectivity index (χ0) is 21.8. The third kappa shape index (κ3) is 4.54. The summed E-state index contributed by atoms with van der Waals surface area (Å²) in [7, 11) is 1.71. The molecule has 0 aliphatic carbocycles. The molecule has 2 amide bonds. The van der Waals surface area contributed by atoms with E-state index in [-0.39, 0.29) is 38.1 Å². The number of likely N-dealkylation sites (N-methyl/N-ethyl adjacent to an activating group) is 1. The molecule has 1 aliphatic rings. The normalized spacial score (nSPS) is 14.0. The molecule has 0 radical (unpaired) electrons. The highest BCUT2D eigenvalue weighted by Crippen LogP contribution is 2.31. The zero-order valence-electron chi connectivity index (χ0n) is 17.9. The summed E-state index contributed by atoms with van der Waals surface area (Å²) in [4.78, 5) is 29.1. The van der Waals surface area contributed by atoms with Crippen molar-refractivity contribution in [2.75, 3.05) is 33.4 Å². The summed E-state index contributed by atoms with van der Waals surface area (Å²) in [5, 5.41) is 9.33.